The molecule has 1 aliphatic rings. The molecular formula is C25H21N3O5. The van der Waals surface area contributed by atoms with Gasteiger partial charge in [-0.15, -0.1) is 0 Å². The summed E-state index contributed by atoms with van der Waals surface area (Å²) in [5.74, 6) is 0.901. The fraction of sp³-hybridized carbons (Fsp3) is 0.0800. The lowest BCUT2D eigenvalue weighted by Crippen LogP contribution is -2.32. The van der Waals surface area contributed by atoms with E-state index in [0.717, 1.165) is 5.56 Å². The maximum Gasteiger partial charge on any atom is 0.287 e. The lowest BCUT2D eigenvalue weighted by molar-refractivity contribution is -0.117. The highest BCUT2D eigenvalue weighted by atomic mass is 16.7. The van der Waals surface area contributed by atoms with Crippen molar-refractivity contribution in [3.63, 3.8) is 0 Å². The molecule has 0 unspecified atom stereocenters. The maximum absolute atomic E-state index is 12.9. The molecule has 0 aliphatic carbocycles. The van der Waals surface area contributed by atoms with Crippen molar-refractivity contribution in [1.82, 2.24) is 10.7 Å². The Morgan fingerprint density at radius 3 is 2.42 bits per heavy atom. The Bertz CT molecular complexity index is 1200. The van der Waals surface area contributed by atoms with Crippen LogP contribution in [0.25, 0.3) is 6.08 Å². The zero-order valence-electron chi connectivity index (χ0n) is 17.8. The summed E-state index contributed by atoms with van der Waals surface area (Å²) in [6.45, 7) is 0.140. The predicted molar refractivity (Wildman–Crippen MR) is 123 cm³/mol. The Balaban J connectivity index is 1.53. The number of ether oxygens (including phenoxy) is 3. The number of amides is 2. The zero-order chi connectivity index (χ0) is 23.0. The summed E-state index contributed by atoms with van der Waals surface area (Å²) in [6.07, 6.45) is 3.04. The molecule has 0 atom stereocenters. The van der Waals surface area contributed by atoms with Crippen LogP contribution in [0.2, 0.25) is 0 Å². The Kier molecular flexibility index (Phi) is 6.65. The molecule has 0 aromatic heterocycles. The molecule has 3 aromatic rings. The van der Waals surface area contributed by atoms with E-state index < -0.39 is 11.8 Å². The van der Waals surface area contributed by atoms with Gasteiger partial charge in [0, 0.05) is 5.56 Å². The predicted octanol–water partition coefficient (Wildman–Crippen LogP) is 3.35. The summed E-state index contributed by atoms with van der Waals surface area (Å²) in [4.78, 5) is 25.5. The summed E-state index contributed by atoms with van der Waals surface area (Å²) < 4.78 is 15.8. The first kappa shape index (κ1) is 21.6. The van der Waals surface area contributed by atoms with E-state index in [1.54, 1.807) is 86.0 Å². The molecule has 0 spiro atoms. The molecule has 0 saturated carbocycles. The fourth-order valence-electron chi connectivity index (χ4n) is 3.03. The SMILES string of the molecule is COc1ccc(C=NNC(=O)C(=Cc2ccc3c(c2)OCO3)NC(=O)c2ccccc2)cc1. The number of carbonyl (C=O) groups excluding carboxylic acids is 2. The van der Waals surface area contributed by atoms with Crippen LogP contribution in [0.1, 0.15) is 21.5 Å². The molecule has 33 heavy (non-hydrogen) atoms. The van der Waals surface area contributed by atoms with Gasteiger partial charge in [0.05, 0.1) is 13.3 Å². The standard InChI is InChI=1S/C25H21N3O5/c1-31-20-10-7-17(8-11-20)15-26-28-25(30)21(27-24(29)19-5-3-2-4-6-19)13-18-9-12-22-23(14-18)33-16-32-22/h2-15H,16H2,1H3,(H,27,29)(H,28,30). The van der Waals surface area contributed by atoms with Crippen LogP contribution >= 0.6 is 0 Å². The number of rotatable bonds is 7. The van der Waals surface area contributed by atoms with Crippen molar-refractivity contribution < 1.29 is 23.8 Å². The zero-order valence-corrected chi connectivity index (χ0v) is 17.8. The first-order valence-electron chi connectivity index (χ1n) is 10.1. The van der Waals surface area contributed by atoms with Crippen molar-refractivity contribution >= 4 is 24.1 Å². The molecule has 2 amide bonds. The highest BCUT2D eigenvalue weighted by molar-refractivity contribution is 6.05. The number of nitrogens with one attached hydrogen (secondary N) is 2. The molecule has 2 N–H and O–H groups in total. The van der Waals surface area contributed by atoms with Gasteiger partial charge >= 0.3 is 0 Å². The number of carbonyl (C=O) groups is 2. The third kappa shape index (κ3) is 5.56. The first-order chi connectivity index (χ1) is 16.1. The number of hydrazone groups is 1. The second-order valence-electron chi connectivity index (χ2n) is 6.96. The molecule has 0 saturated heterocycles. The fourth-order valence-corrected chi connectivity index (χ4v) is 3.03. The topological polar surface area (TPSA) is 98.2 Å². The summed E-state index contributed by atoms with van der Waals surface area (Å²) in [7, 11) is 1.58. The van der Waals surface area contributed by atoms with Crippen LogP contribution in [0, 0.1) is 0 Å². The van der Waals surface area contributed by atoms with Gasteiger partial charge in [-0.25, -0.2) is 5.43 Å². The molecule has 1 aliphatic heterocycles. The third-order valence-corrected chi connectivity index (χ3v) is 4.73. The number of methoxy groups -OCH3 is 1. The number of nitrogens with zero attached hydrogens (tertiary/aromatic N) is 1. The molecule has 1 heterocycles. The van der Waals surface area contributed by atoms with Crippen molar-refractivity contribution in [3.05, 3.63) is 95.2 Å². The Labute approximate surface area is 190 Å². The van der Waals surface area contributed by atoms with Crippen molar-refractivity contribution in [1.29, 1.82) is 0 Å². The van der Waals surface area contributed by atoms with Crippen molar-refractivity contribution in [2.75, 3.05) is 13.9 Å². The molecule has 8 heteroatoms. The van der Waals surface area contributed by atoms with E-state index in [-0.39, 0.29) is 12.5 Å². The van der Waals surface area contributed by atoms with E-state index in [0.29, 0.717) is 28.4 Å². The van der Waals surface area contributed by atoms with Crippen molar-refractivity contribution in [2.45, 2.75) is 0 Å². The van der Waals surface area contributed by atoms with Gasteiger partial charge in [0.25, 0.3) is 11.8 Å². The van der Waals surface area contributed by atoms with Crippen molar-refractivity contribution in [2.24, 2.45) is 5.10 Å². The third-order valence-electron chi connectivity index (χ3n) is 4.73. The van der Waals surface area contributed by atoms with Crippen LogP contribution in [0.4, 0.5) is 0 Å². The molecule has 166 valence electrons. The summed E-state index contributed by atoms with van der Waals surface area (Å²) >= 11 is 0. The molecular weight excluding hydrogens is 422 g/mol. The number of benzene rings is 3. The van der Waals surface area contributed by atoms with Gasteiger partial charge < -0.3 is 19.5 Å². The van der Waals surface area contributed by atoms with E-state index in [1.807, 2.05) is 0 Å². The second-order valence-corrected chi connectivity index (χ2v) is 6.96. The Morgan fingerprint density at radius 2 is 1.67 bits per heavy atom. The van der Waals surface area contributed by atoms with Crippen molar-refractivity contribution in [3.8, 4) is 17.2 Å². The Morgan fingerprint density at radius 1 is 0.939 bits per heavy atom. The molecule has 3 aromatic carbocycles. The van der Waals surface area contributed by atoms with E-state index in [2.05, 4.69) is 15.8 Å². The van der Waals surface area contributed by atoms with Gasteiger partial charge in [-0.2, -0.15) is 5.10 Å². The summed E-state index contributed by atoms with van der Waals surface area (Å²) in [6, 6.07) is 21.0. The average molecular weight is 443 g/mol. The lowest BCUT2D eigenvalue weighted by Gasteiger charge is -2.09. The molecule has 0 fully saturated rings. The van der Waals surface area contributed by atoms with Crippen LogP contribution in [-0.4, -0.2) is 31.9 Å². The molecule has 0 radical (unpaired) electrons. The Hall–Kier alpha value is -4.59. The minimum absolute atomic E-state index is 0.0228. The largest absolute Gasteiger partial charge is 0.497 e. The summed E-state index contributed by atoms with van der Waals surface area (Å²) in [5.41, 5.74) is 4.31. The minimum Gasteiger partial charge on any atom is -0.497 e. The van der Waals surface area contributed by atoms with E-state index in [1.165, 1.54) is 6.21 Å². The highest BCUT2D eigenvalue weighted by Crippen LogP contribution is 2.33. The first-order valence-corrected chi connectivity index (χ1v) is 10.1. The number of fused-ring (bicyclic) bond motifs is 1. The van der Waals surface area contributed by atoms with Crippen LogP contribution in [0.5, 0.6) is 17.2 Å². The molecule has 4 rings (SSSR count). The minimum atomic E-state index is -0.582. The highest BCUT2D eigenvalue weighted by Gasteiger charge is 2.16. The average Bonchev–Trinajstić information content (AvgIpc) is 3.32. The van der Waals surface area contributed by atoms with E-state index in [4.69, 9.17) is 14.2 Å². The normalized spacial score (nSPS) is 12.5. The lowest BCUT2D eigenvalue weighted by atomic mass is 10.1. The monoisotopic (exact) mass is 443 g/mol. The number of hydrogen-bond donors (Lipinski definition) is 2. The quantitative estimate of drug-likeness (QED) is 0.332. The van der Waals surface area contributed by atoms with E-state index in [9.17, 15) is 9.59 Å². The second kappa shape index (κ2) is 10.1. The number of hydrogen-bond acceptors (Lipinski definition) is 6. The molecule has 8 nitrogen and oxygen atoms in total. The summed E-state index contributed by atoms with van der Waals surface area (Å²) in [5, 5.41) is 6.66. The van der Waals surface area contributed by atoms with E-state index >= 15 is 0 Å². The van der Waals surface area contributed by atoms with Crippen LogP contribution in [0.15, 0.2) is 83.6 Å². The van der Waals surface area contributed by atoms with Crippen LogP contribution in [-0.2, 0) is 4.79 Å². The van der Waals surface area contributed by atoms with Gasteiger partial charge in [-0.1, -0.05) is 24.3 Å². The van der Waals surface area contributed by atoms with Gasteiger partial charge in [0.15, 0.2) is 11.5 Å². The maximum atomic E-state index is 12.9. The van der Waals surface area contributed by atoms with Gasteiger partial charge in [-0.3, -0.25) is 9.59 Å². The molecule has 0 bridgehead atoms. The van der Waals surface area contributed by atoms with Gasteiger partial charge in [0.2, 0.25) is 6.79 Å². The van der Waals surface area contributed by atoms with Crippen LogP contribution in [0.3, 0.4) is 0 Å². The van der Waals surface area contributed by atoms with Gasteiger partial charge in [0.1, 0.15) is 11.4 Å². The van der Waals surface area contributed by atoms with Gasteiger partial charge in [-0.05, 0) is 65.7 Å². The smallest absolute Gasteiger partial charge is 0.287 e. The van der Waals surface area contributed by atoms with Crippen LogP contribution < -0.4 is 25.0 Å².